The van der Waals surface area contributed by atoms with Crippen LogP contribution in [-0.2, 0) is 9.59 Å². The lowest BCUT2D eigenvalue weighted by Crippen LogP contribution is -2.17. The van der Waals surface area contributed by atoms with Crippen LogP contribution in [0.1, 0.15) is 6.42 Å². The van der Waals surface area contributed by atoms with Gasteiger partial charge in [-0.1, -0.05) is 23.2 Å². The molecule has 1 fully saturated rings. The first-order valence-corrected chi connectivity index (χ1v) is 5.73. The first-order valence-electron chi connectivity index (χ1n) is 4.98. The Labute approximate surface area is 108 Å². The first kappa shape index (κ1) is 12.2. The smallest absolute Gasteiger partial charge is 0.307 e. The minimum atomic E-state index is -0.942. The standard InChI is InChI=1S/C11H9Cl2NO3/c12-5-1-2-8(13)9(3-5)14-10(15)6-4-7(6)11(16)17/h1-3,6-7H,4H2,(H,14,15)(H,16,17)/t6-,7+/m1/s1. The molecule has 0 saturated heterocycles. The zero-order valence-corrected chi connectivity index (χ0v) is 10.1. The van der Waals surface area contributed by atoms with Crippen LogP contribution in [0, 0.1) is 11.8 Å². The Morgan fingerprint density at radius 1 is 1.29 bits per heavy atom. The van der Waals surface area contributed by atoms with Gasteiger partial charge in [-0.25, -0.2) is 0 Å². The lowest BCUT2D eigenvalue weighted by molar-refractivity contribution is -0.139. The summed E-state index contributed by atoms with van der Waals surface area (Å²) in [5.41, 5.74) is 0.403. The van der Waals surface area contributed by atoms with E-state index >= 15 is 0 Å². The summed E-state index contributed by atoms with van der Waals surface area (Å²) in [5, 5.41) is 12.1. The molecule has 1 aliphatic carbocycles. The van der Waals surface area contributed by atoms with Crippen molar-refractivity contribution in [2.75, 3.05) is 5.32 Å². The Bertz CT molecular complexity index is 490. The van der Waals surface area contributed by atoms with E-state index in [1.54, 1.807) is 12.1 Å². The molecule has 90 valence electrons. The fourth-order valence-corrected chi connectivity index (χ4v) is 1.91. The van der Waals surface area contributed by atoms with Gasteiger partial charge in [0, 0.05) is 5.02 Å². The number of benzene rings is 1. The highest BCUT2D eigenvalue weighted by Gasteiger charge is 2.48. The van der Waals surface area contributed by atoms with E-state index < -0.39 is 17.8 Å². The molecule has 2 atom stereocenters. The van der Waals surface area contributed by atoms with Crippen molar-refractivity contribution in [1.29, 1.82) is 0 Å². The highest BCUT2D eigenvalue weighted by atomic mass is 35.5. The summed E-state index contributed by atoms with van der Waals surface area (Å²) in [7, 11) is 0. The minimum absolute atomic E-state index is 0.332. The Morgan fingerprint density at radius 2 is 2.00 bits per heavy atom. The normalized spacial score (nSPS) is 22.0. The molecule has 0 spiro atoms. The van der Waals surface area contributed by atoms with Crippen molar-refractivity contribution in [2.45, 2.75) is 6.42 Å². The van der Waals surface area contributed by atoms with E-state index in [0.29, 0.717) is 22.2 Å². The van der Waals surface area contributed by atoms with Gasteiger partial charge in [0.15, 0.2) is 0 Å². The Balaban J connectivity index is 2.04. The van der Waals surface area contributed by atoms with Gasteiger partial charge < -0.3 is 10.4 Å². The maximum atomic E-state index is 11.7. The van der Waals surface area contributed by atoms with E-state index in [1.807, 2.05) is 0 Å². The van der Waals surface area contributed by atoms with Crippen LogP contribution in [0.4, 0.5) is 5.69 Å². The van der Waals surface area contributed by atoms with Crippen molar-refractivity contribution >= 4 is 40.8 Å². The SMILES string of the molecule is O=C(O)[C@H]1C[C@H]1C(=O)Nc1cc(Cl)ccc1Cl. The fraction of sp³-hybridized carbons (Fsp3) is 0.273. The topological polar surface area (TPSA) is 66.4 Å². The molecule has 2 rings (SSSR count). The van der Waals surface area contributed by atoms with Crippen LogP contribution >= 0.6 is 23.2 Å². The number of halogens is 2. The van der Waals surface area contributed by atoms with Crippen LogP contribution in [0.3, 0.4) is 0 Å². The average Bonchev–Trinajstić information content (AvgIpc) is 3.03. The number of aliphatic carboxylic acids is 1. The quantitative estimate of drug-likeness (QED) is 0.890. The number of carbonyl (C=O) groups excluding carboxylic acids is 1. The highest BCUT2D eigenvalue weighted by molar-refractivity contribution is 6.35. The van der Waals surface area contributed by atoms with E-state index in [0.717, 1.165) is 0 Å². The average molecular weight is 274 g/mol. The predicted molar refractivity (Wildman–Crippen MR) is 64.3 cm³/mol. The van der Waals surface area contributed by atoms with Crippen LogP contribution in [-0.4, -0.2) is 17.0 Å². The summed E-state index contributed by atoms with van der Waals surface area (Å²) in [6.07, 6.45) is 0.374. The Morgan fingerprint density at radius 3 is 2.59 bits per heavy atom. The molecule has 1 amide bonds. The van der Waals surface area contributed by atoms with Crippen LogP contribution in [0.15, 0.2) is 18.2 Å². The number of rotatable bonds is 3. The Kier molecular flexibility index (Phi) is 3.26. The molecule has 6 heteroatoms. The number of hydrogen-bond acceptors (Lipinski definition) is 2. The zero-order valence-electron chi connectivity index (χ0n) is 8.61. The van der Waals surface area contributed by atoms with Crippen molar-refractivity contribution in [3.05, 3.63) is 28.2 Å². The summed E-state index contributed by atoms with van der Waals surface area (Å²) in [6, 6.07) is 4.71. The molecule has 1 saturated carbocycles. The molecular weight excluding hydrogens is 265 g/mol. The third-order valence-electron chi connectivity index (χ3n) is 2.63. The van der Waals surface area contributed by atoms with Crippen LogP contribution in [0.2, 0.25) is 10.0 Å². The van der Waals surface area contributed by atoms with Crippen LogP contribution in [0.25, 0.3) is 0 Å². The number of carboxylic acids is 1. The number of hydrogen-bond donors (Lipinski definition) is 2. The van der Waals surface area contributed by atoms with Crippen LogP contribution in [0.5, 0.6) is 0 Å². The molecule has 0 unspecified atom stereocenters. The second kappa shape index (κ2) is 4.55. The summed E-state index contributed by atoms with van der Waals surface area (Å²) < 4.78 is 0. The fourth-order valence-electron chi connectivity index (χ4n) is 1.58. The number of amides is 1. The van der Waals surface area contributed by atoms with Crippen molar-refractivity contribution in [3.63, 3.8) is 0 Å². The van der Waals surface area contributed by atoms with E-state index in [2.05, 4.69) is 5.32 Å². The van der Waals surface area contributed by atoms with E-state index in [9.17, 15) is 9.59 Å². The number of anilines is 1. The van der Waals surface area contributed by atoms with E-state index in [4.69, 9.17) is 28.3 Å². The second-order valence-electron chi connectivity index (χ2n) is 3.90. The third kappa shape index (κ3) is 2.70. The maximum Gasteiger partial charge on any atom is 0.307 e. The number of carboxylic acid groups (broad SMARTS) is 1. The Hall–Kier alpha value is -1.26. The maximum absolute atomic E-state index is 11.7. The van der Waals surface area contributed by atoms with Crippen molar-refractivity contribution in [1.82, 2.24) is 0 Å². The van der Waals surface area contributed by atoms with Gasteiger partial charge in [0.2, 0.25) is 5.91 Å². The number of nitrogens with one attached hydrogen (secondary N) is 1. The molecule has 1 aliphatic rings. The van der Waals surface area contributed by atoms with Gasteiger partial charge in [0.1, 0.15) is 0 Å². The van der Waals surface area contributed by atoms with E-state index in [-0.39, 0.29) is 5.91 Å². The highest BCUT2D eigenvalue weighted by Crippen LogP contribution is 2.40. The molecule has 0 bridgehead atoms. The largest absolute Gasteiger partial charge is 0.481 e. The monoisotopic (exact) mass is 273 g/mol. The molecule has 4 nitrogen and oxygen atoms in total. The van der Waals surface area contributed by atoms with Crippen molar-refractivity contribution < 1.29 is 14.7 Å². The molecule has 2 N–H and O–H groups in total. The summed E-state index contributed by atoms with van der Waals surface area (Å²) >= 11 is 11.6. The lowest BCUT2D eigenvalue weighted by Gasteiger charge is -2.06. The zero-order chi connectivity index (χ0) is 12.6. The molecule has 0 aromatic heterocycles. The summed E-state index contributed by atoms with van der Waals surface area (Å²) in [5.74, 6) is -2.32. The van der Waals surface area contributed by atoms with Gasteiger partial charge in [-0.15, -0.1) is 0 Å². The second-order valence-corrected chi connectivity index (χ2v) is 4.74. The lowest BCUT2D eigenvalue weighted by atomic mass is 10.2. The molecule has 0 radical (unpaired) electrons. The summed E-state index contributed by atoms with van der Waals surface area (Å²) in [6.45, 7) is 0. The van der Waals surface area contributed by atoms with Gasteiger partial charge in [0.25, 0.3) is 0 Å². The first-order chi connectivity index (χ1) is 7.99. The third-order valence-corrected chi connectivity index (χ3v) is 3.20. The molecule has 17 heavy (non-hydrogen) atoms. The molecule has 1 aromatic rings. The van der Waals surface area contributed by atoms with Gasteiger partial charge in [-0.2, -0.15) is 0 Å². The number of carbonyl (C=O) groups is 2. The molecule has 0 heterocycles. The van der Waals surface area contributed by atoms with Crippen molar-refractivity contribution in [3.8, 4) is 0 Å². The van der Waals surface area contributed by atoms with Gasteiger partial charge >= 0.3 is 5.97 Å². The molecule has 0 aliphatic heterocycles. The summed E-state index contributed by atoms with van der Waals surface area (Å²) in [4.78, 5) is 22.3. The van der Waals surface area contributed by atoms with Crippen molar-refractivity contribution in [2.24, 2.45) is 11.8 Å². The van der Waals surface area contributed by atoms with Crippen LogP contribution < -0.4 is 5.32 Å². The molecule has 1 aromatic carbocycles. The molecular formula is C11H9Cl2NO3. The minimum Gasteiger partial charge on any atom is -0.481 e. The van der Waals surface area contributed by atoms with Gasteiger partial charge in [-0.05, 0) is 24.6 Å². The van der Waals surface area contributed by atoms with Gasteiger partial charge in [-0.3, -0.25) is 9.59 Å². The predicted octanol–water partition coefficient (Wildman–Crippen LogP) is 2.65. The van der Waals surface area contributed by atoms with Gasteiger partial charge in [0.05, 0.1) is 22.5 Å². The van der Waals surface area contributed by atoms with E-state index in [1.165, 1.54) is 6.07 Å².